The lowest BCUT2D eigenvalue weighted by atomic mass is 9.98. The summed E-state index contributed by atoms with van der Waals surface area (Å²) < 4.78 is 11.0. The van der Waals surface area contributed by atoms with E-state index in [2.05, 4.69) is 18.7 Å². The summed E-state index contributed by atoms with van der Waals surface area (Å²) in [4.78, 5) is 2.43. The number of piperidine rings is 1. The van der Waals surface area contributed by atoms with Crippen LogP contribution in [0, 0.1) is 0 Å². The molecule has 0 spiro atoms. The monoisotopic (exact) mass is 321 g/mol. The van der Waals surface area contributed by atoms with E-state index in [1.54, 1.807) is 7.11 Å². The summed E-state index contributed by atoms with van der Waals surface area (Å²) in [5, 5.41) is 10.6. The van der Waals surface area contributed by atoms with Gasteiger partial charge in [-0.25, -0.2) is 0 Å². The van der Waals surface area contributed by atoms with Gasteiger partial charge in [0, 0.05) is 19.2 Å². The van der Waals surface area contributed by atoms with E-state index in [1.165, 1.54) is 19.3 Å². The van der Waals surface area contributed by atoms with E-state index in [0.29, 0.717) is 12.6 Å². The summed E-state index contributed by atoms with van der Waals surface area (Å²) in [7, 11) is 1.65. The predicted molar refractivity (Wildman–Crippen MR) is 92.9 cm³/mol. The Morgan fingerprint density at radius 3 is 2.87 bits per heavy atom. The zero-order chi connectivity index (χ0) is 16.7. The van der Waals surface area contributed by atoms with Crippen molar-refractivity contribution in [2.75, 3.05) is 26.8 Å². The number of benzene rings is 1. The van der Waals surface area contributed by atoms with E-state index in [9.17, 15) is 5.11 Å². The van der Waals surface area contributed by atoms with Crippen molar-refractivity contribution in [3.8, 4) is 5.75 Å². The van der Waals surface area contributed by atoms with Crippen LogP contribution in [0.5, 0.6) is 5.75 Å². The van der Waals surface area contributed by atoms with E-state index in [0.717, 1.165) is 30.9 Å². The first-order valence-electron chi connectivity index (χ1n) is 8.78. The SMILES string of the molecule is COc1cccc(C(O)CN2CCCCC2CCOC(C)C)c1. The van der Waals surface area contributed by atoms with Gasteiger partial charge in [0.2, 0.25) is 0 Å². The van der Waals surface area contributed by atoms with Crippen molar-refractivity contribution < 1.29 is 14.6 Å². The molecule has 1 aromatic carbocycles. The van der Waals surface area contributed by atoms with Crippen molar-refractivity contribution >= 4 is 0 Å². The van der Waals surface area contributed by atoms with E-state index < -0.39 is 6.10 Å². The fourth-order valence-corrected chi connectivity index (χ4v) is 3.24. The van der Waals surface area contributed by atoms with E-state index in [1.807, 2.05) is 24.3 Å². The van der Waals surface area contributed by atoms with Crippen LogP contribution in [0.4, 0.5) is 0 Å². The van der Waals surface area contributed by atoms with Gasteiger partial charge in [-0.1, -0.05) is 18.6 Å². The van der Waals surface area contributed by atoms with Gasteiger partial charge in [0.25, 0.3) is 0 Å². The Labute approximate surface area is 140 Å². The number of aliphatic hydroxyl groups is 1. The number of rotatable bonds is 8. The molecule has 1 aromatic rings. The summed E-state index contributed by atoms with van der Waals surface area (Å²) in [5.74, 6) is 0.794. The van der Waals surface area contributed by atoms with Gasteiger partial charge in [0.15, 0.2) is 0 Å². The van der Waals surface area contributed by atoms with E-state index in [4.69, 9.17) is 9.47 Å². The predicted octanol–water partition coefficient (Wildman–Crippen LogP) is 3.40. The minimum atomic E-state index is -0.475. The molecule has 2 rings (SSSR count). The van der Waals surface area contributed by atoms with Gasteiger partial charge in [-0.3, -0.25) is 4.90 Å². The van der Waals surface area contributed by atoms with Gasteiger partial charge >= 0.3 is 0 Å². The molecule has 2 atom stereocenters. The molecule has 0 aromatic heterocycles. The normalized spacial score (nSPS) is 20.7. The van der Waals surface area contributed by atoms with Crippen LogP contribution < -0.4 is 4.74 Å². The molecule has 2 unspecified atom stereocenters. The number of hydrogen-bond acceptors (Lipinski definition) is 4. The number of aliphatic hydroxyl groups excluding tert-OH is 1. The third kappa shape index (κ3) is 5.79. The Morgan fingerprint density at radius 2 is 2.13 bits per heavy atom. The fourth-order valence-electron chi connectivity index (χ4n) is 3.24. The third-order valence-corrected chi connectivity index (χ3v) is 4.54. The Kier molecular flexibility index (Phi) is 7.34. The molecule has 0 aliphatic carbocycles. The molecule has 1 N–H and O–H groups in total. The number of hydrogen-bond donors (Lipinski definition) is 1. The first-order valence-corrected chi connectivity index (χ1v) is 8.78. The standard InChI is InChI=1S/C19H31NO3/c1-15(2)23-12-10-17-8-4-5-11-20(17)14-19(21)16-7-6-9-18(13-16)22-3/h6-7,9,13,15,17,19,21H,4-5,8,10-12,14H2,1-3H3. The molecular formula is C19H31NO3. The van der Waals surface area contributed by atoms with Crippen molar-refractivity contribution in [3.05, 3.63) is 29.8 Å². The lowest BCUT2D eigenvalue weighted by Crippen LogP contribution is -2.42. The van der Waals surface area contributed by atoms with Crippen LogP contribution in [-0.4, -0.2) is 49.0 Å². The van der Waals surface area contributed by atoms with E-state index in [-0.39, 0.29) is 6.10 Å². The van der Waals surface area contributed by atoms with Crippen molar-refractivity contribution in [2.45, 2.75) is 57.8 Å². The number of ether oxygens (including phenoxy) is 2. The first-order chi connectivity index (χ1) is 11.1. The summed E-state index contributed by atoms with van der Waals surface area (Å²) in [6.45, 7) is 6.69. The molecule has 4 nitrogen and oxygen atoms in total. The summed E-state index contributed by atoms with van der Waals surface area (Å²) in [6, 6.07) is 8.24. The number of β-amino-alcohol motifs (C(OH)–C–C–N with tert-alkyl or cyclic N) is 1. The number of methoxy groups -OCH3 is 1. The highest BCUT2D eigenvalue weighted by molar-refractivity contribution is 5.29. The van der Waals surface area contributed by atoms with Crippen LogP contribution in [-0.2, 0) is 4.74 Å². The maximum Gasteiger partial charge on any atom is 0.119 e. The Balaban J connectivity index is 1.91. The van der Waals surface area contributed by atoms with Crippen LogP contribution in [0.1, 0.15) is 51.2 Å². The fraction of sp³-hybridized carbons (Fsp3) is 0.684. The molecule has 1 aliphatic heterocycles. The summed E-state index contributed by atoms with van der Waals surface area (Å²) in [6.07, 6.45) is 4.55. The second-order valence-electron chi connectivity index (χ2n) is 6.65. The average molecular weight is 321 g/mol. The topological polar surface area (TPSA) is 41.9 Å². The van der Waals surface area contributed by atoms with Crippen molar-refractivity contribution in [3.63, 3.8) is 0 Å². The summed E-state index contributed by atoms with van der Waals surface area (Å²) in [5.41, 5.74) is 0.923. The minimum absolute atomic E-state index is 0.286. The molecular weight excluding hydrogens is 290 g/mol. The van der Waals surface area contributed by atoms with Gasteiger partial charge in [-0.15, -0.1) is 0 Å². The Bertz CT molecular complexity index is 464. The molecule has 4 heteroatoms. The van der Waals surface area contributed by atoms with Crippen LogP contribution in [0.15, 0.2) is 24.3 Å². The third-order valence-electron chi connectivity index (χ3n) is 4.54. The maximum atomic E-state index is 10.6. The molecule has 1 saturated heterocycles. The number of likely N-dealkylation sites (tertiary alicyclic amines) is 1. The quantitative estimate of drug-likeness (QED) is 0.797. The molecule has 0 saturated carbocycles. The molecule has 1 aliphatic rings. The van der Waals surface area contributed by atoms with Gasteiger partial charge in [0.05, 0.1) is 19.3 Å². The van der Waals surface area contributed by atoms with Crippen molar-refractivity contribution in [1.29, 1.82) is 0 Å². The van der Waals surface area contributed by atoms with Gasteiger partial charge in [-0.2, -0.15) is 0 Å². The highest BCUT2D eigenvalue weighted by Crippen LogP contribution is 2.25. The lowest BCUT2D eigenvalue weighted by Gasteiger charge is -2.37. The average Bonchev–Trinajstić information content (AvgIpc) is 2.56. The molecule has 130 valence electrons. The molecule has 1 heterocycles. The van der Waals surface area contributed by atoms with Crippen LogP contribution in [0.25, 0.3) is 0 Å². The maximum absolute atomic E-state index is 10.6. The largest absolute Gasteiger partial charge is 0.497 e. The highest BCUT2D eigenvalue weighted by atomic mass is 16.5. The van der Waals surface area contributed by atoms with Gasteiger partial charge in [0.1, 0.15) is 5.75 Å². The minimum Gasteiger partial charge on any atom is -0.497 e. The molecule has 0 radical (unpaired) electrons. The molecule has 0 amide bonds. The molecule has 1 fully saturated rings. The highest BCUT2D eigenvalue weighted by Gasteiger charge is 2.24. The van der Waals surface area contributed by atoms with Crippen molar-refractivity contribution in [2.24, 2.45) is 0 Å². The van der Waals surface area contributed by atoms with Crippen LogP contribution >= 0.6 is 0 Å². The first kappa shape index (κ1) is 18.2. The second-order valence-corrected chi connectivity index (χ2v) is 6.65. The summed E-state index contributed by atoms with van der Waals surface area (Å²) >= 11 is 0. The Hall–Kier alpha value is -1.10. The molecule has 0 bridgehead atoms. The van der Waals surface area contributed by atoms with Gasteiger partial charge in [-0.05, 0) is 57.4 Å². The molecule has 23 heavy (non-hydrogen) atoms. The second kappa shape index (κ2) is 9.26. The lowest BCUT2D eigenvalue weighted by molar-refractivity contribution is 0.0289. The van der Waals surface area contributed by atoms with Crippen LogP contribution in [0.3, 0.4) is 0 Å². The zero-order valence-electron chi connectivity index (χ0n) is 14.7. The van der Waals surface area contributed by atoms with Crippen molar-refractivity contribution in [1.82, 2.24) is 4.90 Å². The van der Waals surface area contributed by atoms with Crippen LogP contribution in [0.2, 0.25) is 0 Å². The van der Waals surface area contributed by atoms with Gasteiger partial charge < -0.3 is 14.6 Å². The number of nitrogens with zero attached hydrogens (tertiary/aromatic N) is 1. The smallest absolute Gasteiger partial charge is 0.119 e. The zero-order valence-corrected chi connectivity index (χ0v) is 14.7. The Morgan fingerprint density at radius 1 is 1.30 bits per heavy atom. The van der Waals surface area contributed by atoms with E-state index >= 15 is 0 Å².